The predicted octanol–water partition coefficient (Wildman–Crippen LogP) is 2.87. The summed E-state index contributed by atoms with van der Waals surface area (Å²) in [4.78, 5) is 1.19. The van der Waals surface area contributed by atoms with Gasteiger partial charge in [0.15, 0.2) is 0 Å². The molecule has 15 heavy (non-hydrogen) atoms. The number of hydrogen-bond donors (Lipinski definition) is 1. The summed E-state index contributed by atoms with van der Waals surface area (Å²) in [6, 6.07) is 6.11. The fraction of sp³-hybridized carbons (Fsp3) is 0.500. The highest BCUT2D eigenvalue weighted by atomic mass is 32.2. The van der Waals surface area contributed by atoms with Gasteiger partial charge in [-0.05, 0) is 37.1 Å². The van der Waals surface area contributed by atoms with E-state index in [1.807, 2.05) is 19.1 Å². The van der Waals surface area contributed by atoms with E-state index in [0.29, 0.717) is 0 Å². The van der Waals surface area contributed by atoms with Crippen molar-refractivity contribution in [2.24, 2.45) is 0 Å². The van der Waals surface area contributed by atoms with Gasteiger partial charge in [-0.25, -0.2) is 0 Å². The molecule has 0 heterocycles. The van der Waals surface area contributed by atoms with Crippen molar-refractivity contribution in [3.05, 3.63) is 23.8 Å². The van der Waals surface area contributed by atoms with Crippen LogP contribution in [0.4, 0.5) is 0 Å². The highest BCUT2D eigenvalue weighted by Gasteiger charge is 2.07. The van der Waals surface area contributed by atoms with Crippen LogP contribution in [0.15, 0.2) is 23.1 Å². The van der Waals surface area contributed by atoms with Gasteiger partial charge in [-0.15, -0.1) is 11.8 Å². The van der Waals surface area contributed by atoms with Crippen molar-refractivity contribution in [1.82, 2.24) is 0 Å². The third kappa shape index (κ3) is 3.43. The van der Waals surface area contributed by atoms with Crippen LogP contribution < -0.4 is 4.74 Å². The molecular weight excluding hydrogens is 208 g/mol. The first-order valence-electron chi connectivity index (χ1n) is 5.13. The number of aliphatic hydroxyl groups is 1. The summed E-state index contributed by atoms with van der Waals surface area (Å²) in [6.07, 6.45) is 0.978. The number of benzene rings is 1. The Morgan fingerprint density at radius 2 is 2.20 bits per heavy atom. The molecule has 0 aliphatic heterocycles. The van der Waals surface area contributed by atoms with Crippen LogP contribution in [0.3, 0.4) is 0 Å². The van der Waals surface area contributed by atoms with Gasteiger partial charge in [0.1, 0.15) is 5.75 Å². The van der Waals surface area contributed by atoms with E-state index in [2.05, 4.69) is 13.0 Å². The largest absolute Gasteiger partial charge is 0.496 e. The molecule has 1 unspecified atom stereocenters. The Morgan fingerprint density at radius 3 is 2.67 bits per heavy atom. The number of methoxy groups -OCH3 is 1. The molecule has 1 aromatic rings. The van der Waals surface area contributed by atoms with Crippen LogP contribution in [0.1, 0.15) is 18.9 Å². The maximum atomic E-state index is 9.11. The molecule has 1 aromatic carbocycles. The second kappa shape index (κ2) is 6.03. The standard InChI is InChI=1S/C12H18O2S/c1-4-10(8-13)15-11-5-6-12(14-3)9(2)7-11/h5-7,10,13H,4,8H2,1-3H3. The Labute approximate surface area is 95.7 Å². The number of thioether (sulfide) groups is 1. The van der Waals surface area contributed by atoms with Crippen LogP contribution in [0.5, 0.6) is 5.75 Å². The third-order valence-electron chi connectivity index (χ3n) is 2.33. The van der Waals surface area contributed by atoms with E-state index in [0.717, 1.165) is 17.7 Å². The number of hydrogen-bond acceptors (Lipinski definition) is 3. The monoisotopic (exact) mass is 226 g/mol. The second-order valence-corrected chi connectivity index (χ2v) is 4.84. The van der Waals surface area contributed by atoms with Crippen molar-refractivity contribution in [3.8, 4) is 5.75 Å². The van der Waals surface area contributed by atoms with E-state index < -0.39 is 0 Å². The van der Waals surface area contributed by atoms with Crippen molar-refractivity contribution in [1.29, 1.82) is 0 Å². The Bertz CT molecular complexity index is 308. The van der Waals surface area contributed by atoms with E-state index in [4.69, 9.17) is 9.84 Å². The molecule has 3 heteroatoms. The Morgan fingerprint density at radius 1 is 1.47 bits per heavy atom. The maximum absolute atomic E-state index is 9.11. The van der Waals surface area contributed by atoms with Gasteiger partial charge in [0.2, 0.25) is 0 Å². The van der Waals surface area contributed by atoms with E-state index in [9.17, 15) is 0 Å². The molecule has 0 fully saturated rings. The smallest absolute Gasteiger partial charge is 0.121 e. The molecule has 1 N–H and O–H groups in total. The lowest BCUT2D eigenvalue weighted by atomic mass is 10.2. The highest BCUT2D eigenvalue weighted by Crippen LogP contribution is 2.29. The van der Waals surface area contributed by atoms with Gasteiger partial charge >= 0.3 is 0 Å². The van der Waals surface area contributed by atoms with Crippen molar-refractivity contribution in [2.75, 3.05) is 13.7 Å². The number of aliphatic hydroxyl groups excluding tert-OH is 1. The fourth-order valence-electron chi connectivity index (χ4n) is 1.37. The molecule has 1 atom stereocenters. The van der Waals surface area contributed by atoms with Gasteiger partial charge in [0.05, 0.1) is 13.7 Å². The van der Waals surface area contributed by atoms with Crippen LogP contribution in [0, 0.1) is 6.92 Å². The lowest BCUT2D eigenvalue weighted by molar-refractivity contribution is 0.292. The van der Waals surface area contributed by atoms with E-state index in [1.165, 1.54) is 4.90 Å². The van der Waals surface area contributed by atoms with Gasteiger partial charge in [0, 0.05) is 10.1 Å². The van der Waals surface area contributed by atoms with E-state index >= 15 is 0 Å². The molecule has 0 spiro atoms. The maximum Gasteiger partial charge on any atom is 0.121 e. The quantitative estimate of drug-likeness (QED) is 0.783. The molecule has 0 aliphatic carbocycles. The van der Waals surface area contributed by atoms with Gasteiger partial charge < -0.3 is 9.84 Å². The fourth-order valence-corrected chi connectivity index (χ4v) is 2.38. The van der Waals surface area contributed by atoms with Crippen molar-refractivity contribution in [2.45, 2.75) is 30.4 Å². The molecule has 0 amide bonds. The summed E-state index contributed by atoms with van der Waals surface area (Å²) >= 11 is 1.72. The summed E-state index contributed by atoms with van der Waals surface area (Å²) < 4.78 is 5.20. The molecule has 2 nitrogen and oxygen atoms in total. The molecular formula is C12H18O2S. The van der Waals surface area contributed by atoms with Gasteiger partial charge in [-0.1, -0.05) is 6.92 Å². The first kappa shape index (κ1) is 12.4. The second-order valence-electron chi connectivity index (χ2n) is 3.46. The zero-order chi connectivity index (χ0) is 11.3. The molecule has 1 rings (SSSR count). The molecule has 0 bridgehead atoms. The van der Waals surface area contributed by atoms with Gasteiger partial charge in [0.25, 0.3) is 0 Å². The van der Waals surface area contributed by atoms with Gasteiger partial charge in [-0.2, -0.15) is 0 Å². The summed E-state index contributed by atoms with van der Waals surface area (Å²) in [5, 5.41) is 9.40. The van der Waals surface area contributed by atoms with Gasteiger partial charge in [-0.3, -0.25) is 0 Å². The summed E-state index contributed by atoms with van der Waals surface area (Å²) in [5.74, 6) is 0.913. The number of ether oxygens (including phenoxy) is 1. The summed E-state index contributed by atoms with van der Waals surface area (Å²) in [6.45, 7) is 4.35. The molecule has 84 valence electrons. The zero-order valence-electron chi connectivity index (χ0n) is 9.49. The van der Waals surface area contributed by atoms with Crippen LogP contribution in [-0.4, -0.2) is 24.1 Å². The normalized spacial score (nSPS) is 12.5. The molecule has 0 saturated carbocycles. The molecule has 0 saturated heterocycles. The minimum absolute atomic E-state index is 0.228. The lowest BCUT2D eigenvalue weighted by Crippen LogP contribution is -2.05. The van der Waals surface area contributed by atoms with Crippen LogP contribution in [-0.2, 0) is 0 Å². The Hall–Kier alpha value is -0.670. The number of aryl methyl sites for hydroxylation is 1. The van der Waals surface area contributed by atoms with E-state index in [-0.39, 0.29) is 11.9 Å². The topological polar surface area (TPSA) is 29.5 Å². The third-order valence-corrected chi connectivity index (χ3v) is 3.67. The SMILES string of the molecule is CCC(CO)Sc1ccc(OC)c(C)c1. The molecule has 0 radical (unpaired) electrons. The average Bonchev–Trinajstić information content (AvgIpc) is 2.26. The summed E-state index contributed by atoms with van der Waals surface area (Å²) in [5.41, 5.74) is 1.13. The minimum Gasteiger partial charge on any atom is -0.496 e. The van der Waals surface area contributed by atoms with Crippen molar-refractivity contribution >= 4 is 11.8 Å². The van der Waals surface area contributed by atoms with Crippen LogP contribution >= 0.6 is 11.8 Å². The van der Waals surface area contributed by atoms with E-state index in [1.54, 1.807) is 18.9 Å². The van der Waals surface area contributed by atoms with Crippen molar-refractivity contribution in [3.63, 3.8) is 0 Å². The summed E-state index contributed by atoms with van der Waals surface area (Å²) in [7, 11) is 1.68. The van der Waals surface area contributed by atoms with Crippen molar-refractivity contribution < 1.29 is 9.84 Å². The first-order valence-corrected chi connectivity index (χ1v) is 6.01. The Balaban J connectivity index is 2.74. The number of rotatable bonds is 5. The minimum atomic E-state index is 0.228. The van der Waals surface area contributed by atoms with Crippen LogP contribution in [0.2, 0.25) is 0 Å². The molecule has 0 aromatic heterocycles. The highest BCUT2D eigenvalue weighted by molar-refractivity contribution is 8.00. The average molecular weight is 226 g/mol. The first-order chi connectivity index (χ1) is 7.21. The van der Waals surface area contributed by atoms with Crippen LogP contribution in [0.25, 0.3) is 0 Å². The Kier molecular flexibility index (Phi) is 4.99. The molecule has 0 aliphatic rings. The zero-order valence-corrected chi connectivity index (χ0v) is 10.3. The lowest BCUT2D eigenvalue weighted by Gasteiger charge is -2.12. The predicted molar refractivity (Wildman–Crippen MR) is 64.8 cm³/mol.